The number of nitrogens with zero attached hydrogens (tertiary/aromatic N) is 5. The molecule has 0 spiro atoms. The molecule has 3 rings (SSSR count). The maximum atomic E-state index is 13.0. The quantitative estimate of drug-likeness (QED) is 0.736. The average molecular weight is 382 g/mol. The minimum atomic E-state index is 0.0124. The lowest BCUT2D eigenvalue weighted by Crippen LogP contribution is -2.47. The van der Waals surface area contributed by atoms with E-state index in [0.717, 1.165) is 57.8 Å². The van der Waals surface area contributed by atoms with Crippen molar-refractivity contribution in [3.8, 4) is 0 Å². The molecule has 0 radical (unpaired) electrons. The van der Waals surface area contributed by atoms with Crippen LogP contribution < -0.4 is 9.80 Å². The van der Waals surface area contributed by atoms with Crippen LogP contribution in [0.3, 0.4) is 0 Å². The lowest BCUT2D eigenvalue weighted by molar-refractivity contribution is 0.0749. The standard InChI is InChI=1S/C22H31N5O/c1-4-11-26(12-5-2)21(28)20-17-18(3)23-22(24-20)27-15-13-25(14-16-27)19-9-7-6-8-10-19/h6-10,17H,4-5,11-16H2,1-3H3. The van der Waals surface area contributed by atoms with Gasteiger partial charge in [-0.2, -0.15) is 0 Å². The zero-order valence-corrected chi connectivity index (χ0v) is 17.3. The van der Waals surface area contributed by atoms with Crippen LogP contribution in [0, 0.1) is 6.92 Å². The molecule has 150 valence electrons. The average Bonchev–Trinajstić information content (AvgIpc) is 2.73. The SMILES string of the molecule is CCCN(CCC)C(=O)c1cc(C)nc(N2CCN(c3ccccc3)CC2)n1. The molecule has 1 saturated heterocycles. The van der Waals surface area contributed by atoms with Crippen LogP contribution in [0.4, 0.5) is 11.6 Å². The number of carbonyl (C=O) groups excluding carboxylic acids is 1. The van der Waals surface area contributed by atoms with Gasteiger partial charge in [0, 0.05) is 50.6 Å². The maximum Gasteiger partial charge on any atom is 0.272 e. The van der Waals surface area contributed by atoms with E-state index in [9.17, 15) is 4.79 Å². The fourth-order valence-electron chi connectivity index (χ4n) is 3.62. The summed E-state index contributed by atoms with van der Waals surface area (Å²) in [5, 5.41) is 0. The number of hydrogen-bond donors (Lipinski definition) is 0. The van der Waals surface area contributed by atoms with Crippen molar-refractivity contribution in [1.82, 2.24) is 14.9 Å². The predicted molar refractivity (Wildman–Crippen MR) is 114 cm³/mol. The first kappa shape index (κ1) is 20.1. The molecule has 6 nitrogen and oxygen atoms in total. The van der Waals surface area contributed by atoms with Crippen LogP contribution in [-0.2, 0) is 0 Å². The van der Waals surface area contributed by atoms with E-state index in [1.807, 2.05) is 24.0 Å². The number of benzene rings is 1. The van der Waals surface area contributed by atoms with Crippen molar-refractivity contribution < 1.29 is 4.79 Å². The topological polar surface area (TPSA) is 52.6 Å². The van der Waals surface area contributed by atoms with E-state index >= 15 is 0 Å². The van der Waals surface area contributed by atoms with Crippen molar-refractivity contribution in [3.63, 3.8) is 0 Å². The zero-order chi connectivity index (χ0) is 19.9. The van der Waals surface area contributed by atoms with Gasteiger partial charge in [0.1, 0.15) is 5.69 Å². The third-order valence-corrected chi connectivity index (χ3v) is 5.02. The van der Waals surface area contributed by atoms with Crippen molar-refractivity contribution in [2.24, 2.45) is 0 Å². The Bertz CT molecular complexity index is 766. The van der Waals surface area contributed by atoms with Crippen LogP contribution in [0.15, 0.2) is 36.4 Å². The number of piperazine rings is 1. The van der Waals surface area contributed by atoms with Crippen molar-refractivity contribution in [3.05, 3.63) is 47.8 Å². The molecule has 28 heavy (non-hydrogen) atoms. The molecule has 1 aromatic carbocycles. The number of aromatic nitrogens is 2. The first-order chi connectivity index (χ1) is 13.6. The van der Waals surface area contributed by atoms with Crippen LogP contribution in [0.2, 0.25) is 0 Å². The Balaban J connectivity index is 1.72. The van der Waals surface area contributed by atoms with E-state index in [-0.39, 0.29) is 5.91 Å². The van der Waals surface area contributed by atoms with Gasteiger partial charge in [-0.3, -0.25) is 4.79 Å². The summed E-state index contributed by atoms with van der Waals surface area (Å²) in [6.45, 7) is 11.2. The Labute approximate surface area is 168 Å². The molecular formula is C22H31N5O. The molecule has 0 saturated carbocycles. The number of para-hydroxylation sites is 1. The van der Waals surface area contributed by atoms with Crippen LogP contribution in [-0.4, -0.2) is 60.0 Å². The summed E-state index contributed by atoms with van der Waals surface area (Å²) in [4.78, 5) is 28.7. The third kappa shape index (κ3) is 4.80. The molecule has 2 aromatic rings. The van der Waals surface area contributed by atoms with Crippen LogP contribution in [0.25, 0.3) is 0 Å². The molecule has 6 heteroatoms. The molecule has 0 unspecified atom stereocenters. The summed E-state index contributed by atoms with van der Waals surface area (Å²) in [6.07, 6.45) is 1.90. The van der Waals surface area contributed by atoms with Crippen molar-refractivity contribution in [2.45, 2.75) is 33.6 Å². The van der Waals surface area contributed by atoms with Crippen molar-refractivity contribution in [1.29, 1.82) is 0 Å². The normalized spacial score (nSPS) is 14.2. The summed E-state index contributed by atoms with van der Waals surface area (Å²) in [5.74, 6) is 0.683. The second-order valence-corrected chi connectivity index (χ2v) is 7.30. The number of aryl methyl sites for hydroxylation is 1. The predicted octanol–water partition coefficient (Wildman–Crippen LogP) is 3.37. The van der Waals surface area contributed by atoms with E-state index < -0.39 is 0 Å². The second kappa shape index (κ2) is 9.53. The summed E-state index contributed by atoms with van der Waals surface area (Å²) in [5.41, 5.74) is 2.60. The van der Waals surface area contributed by atoms with E-state index in [1.54, 1.807) is 0 Å². The molecule has 1 aromatic heterocycles. The number of anilines is 2. The Kier molecular flexibility index (Phi) is 6.85. The zero-order valence-electron chi connectivity index (χ0n) is 17.3. The Morgan fingerprint density at radius 2 is 1.57 bits per heavy atom. The van der Waals surface area contributed by atoms with Crippen LogP contribution in [0.1, 0.15) is 42.9 Å². The van der Waals surface area contributed by atoms with E-state index in [2.05, 4.69) is 57.9 Å². The minimum absolute atomic E-state index is 0.0124. The van der Waals surface area contributed by atoms with Crippen LogP contribution in [0.5, 0.6) is 0 Å². The van der Waals surface area contributed by atoms with Gasteiger partial charge in [0.2, 0.25) is 5.95 Å². The van der Waals surface area contributed by atoms with E-state index in [1.165, 1.54) is 5.69 Å². The molecular weight excluding hydrogens is 350 g/mol. The van der Waals surface area contributed by atoms with Gasteiger partial charge in [0.15, 0.2) is 0 Å². The highest BCUT2D eigenvalue weighted by atomic mass is 16.2. The Morgan fingerprint density at radius 1 is 0.964 bits per heavy atom. The van der Waals surface area contributed by atoms with E-state index in [0.29, 0.717) is 11.6 Å². The number of rotatable bonds is 7. The highest BCUT2D eigenvalue weighted by molar-refractivity contribution is 5.92. The summed E-state index contributed by atoms with van der Waals surface area (Å²) < 4.78 is 0. The Hall–Kier alpha value is -2.63. The number of carbonyl (C=O) groups is 1. The Morgan fingerprint density at radius 3 is 2.18 bits per heavy atom. The smallest absolute Gasteiger partial charge is 0.272 e. The molecule has 0 bridgehead atoms. The van der Waals surface area contributed by atoms with Gasteiger partial charge in [-0.05, 0) is 38.0 Å². The van der Waals surface area contributed by atoms with Crippen molar-refractivity contribution >= 4 is 17.5 Å². The van der Waals surface area contributed by atoms with Gasteiger partial charge in [-0.15, -0.1) is 0 Å². The first-order valence-corrected chi connectivity index (χ1v) is 10.3. The molecule has 1 fully saturated rings. The fraction of sp³-hybridized carbons (Fsp3) is 0.500. The molecule has 1 amide bonds. The number of amides is 1. The number of hydrogen-bond acceptors (Lipinski definition) is 5. The van der Waals surface area contributed by atoms with Gasteiger partial charge in [0.05, 0.1) is 0 Å². The fourth-order valence-corrected chi connectivity index (χ4v) is 3.62. The lowest BCUT2D eigenvalue weighted by Gasteiger charge is -2.36. The third-order valence-electron chi connectivity index (χ3n) is 5.02. The molecule has 1 aliphatic rings. The largest absolute Gasteiger partial charge is 0.368 e. The first-order valence-electron chi connectivity index (χ1n) is 10.3. The molecule has 0 atom stereocenters. The molecule has 2 heterocycles. The highest BCUT2D eigenvalue weighted by Crippen LogP contribution is 2.19. The van der Waals surface area contributed by atoms with Gasteiger partial charge >= 0.3 is 0 Å². The lowest BCUT2D eigenvalue weighted by atomic mass is 10.2. The van der Waals surface area contributed by atoms with Gasteiger partial charge in [0.25, 0.3) is 5.91 Å². The van der Waals surface area contributed by atoms with Gasteiger partial charge < -0.3 is 14.7 Å². The summed E-state index contributed by atoms with van der Waals surface area (Å²) >= 11 is 0. The van der Waals surface area contributed by atoms with Crippen LogP contribution >= 0.6 is 0 Å². The minimum Gasteiger partial charge on any atom is -0.368 e. The highest BCUT2D eigenvalue weighted by Gasteiger charge is 2.22. The van der Waals surface area contributed by atoms with Gasteiger partial charge in [-0.1, -0.05) is 32.0 Å². The molecule has 0 aliphatic carbocycles. The molecule has 1 aliphatic heterocycles. The summed E-state index contributed by atoms with van der Waals surface area (Å²) in [6, 6.07) is 12.3. The maximum absolute atomic E-state index is 13.0. The summed E-state index contributed by atoms with van der Waals surface area (Å²) in [7, 11) is 0. The monoisotopic (exact) mass is 381 g/mol. The van der Waals surface area contributed by atoms with E-state index in [4.69, 9.17) is 0 Å². The van der Waals surface area contributed by atoms with Gasteiger partial charge in [-0.25, -0.2) is 9.97 Å². The van der Waals surface area contributed by atoms with Crippen molar-refractivity contribution in [2.75, 3.05) is 49.1 Å². The molecule has 0 N–H and O–H groups in total. The second-order valence-electron chi connectivity index (χ2n) is 7.30.